The van der Waals surface area contributed by atoms with E-state index in [-0.39, 0.29) is 23.3 Å². The van der Waals surface area contributed by atoms with Gasteiger partial charge in [0.05, 0.1) is 49.6 Å². The smallest absolute Gasteiger partial charge is 0.339 e. The number of hydrogen-bond acceptors (Lipinski definition) is 9. The molecule has 0 bridgehead atoms. The minimum Gasteiger partial charge on any atom is -0.462 e. The fourth-order valence-corrected chi connectivity index (χ4v) is 8.61. The molecule has 0 N–H and O–H groups in total. The Labute approximate surface area is 321 Å². The highest BCUT2D eigenvalue weighted by molar-refractivity contribution is 6.36. The van der Waals surface area contributed by atoms with Crippen LogP contribution in [0, 0.1) is 30.3 Å². The van der Waals surface area contributed by atoms with Gasteiger partial charge in [-0.1, -0.05) is 74.0 Å². The summed E-state index contributed by atoms with van der Waals surface area (Å²) in [5.74, 6) is -1.94. The monoisotopic (exact) mass is 761 g/mol. The Kier molecular flexibility index (Phi) is 8.27. The number of aryl methyl sites for hydroxylation is 2. The summed E-state index contributed by atoms with van der Waals surface area (Å²) in [7, 11) is 0. The number of ketones is 1. The van der Waals surface area contributed by atoms with Gasteiger partial charge in [-0.25, -0.2) is 4.79 Å². The number of rotatable bonds is 11. The summed E-state index contributed by atoms with van der Waals surface area (Å²) >= 11 is 0. The molecule has 1 aliphatic carbocycles. The lowest BCUT2D eigenvalue weighted by atomic mass is 9.97. The van der Waals surface area contributed by atoms with E-state index in [0.29, 0.717) is 19.0 Å². The average Bonchev–Trinajstić information content (AvgIpc) is 3.83. The number of nitrogens with zero attached hydrogens (tertiary/aromatic N) is 5. The molecule has 14 nitrogen and oxygen atoms in total. The van der Waals surface area contributed by atoms with Crippen LogP contribution >= 0.6 is 0 Å². The average molecular weight is 762 g/mol. The number of hydrogen-bond donors (Lipinski definition) is 0. The van der Waals surface area contributed by atoms with Crippen molar-refractivity contribution in [1.29, 1.82) is 0 Å². The number of nitro groups is 3. The molecule has 282 valence electrons. The molecule has 6 aromatic carbocycles. The van der Waals surface area contributed by atoms with Gasteiger partial charge >= 0.3 is 5.97 Å². The van der Waals surface area contributed by atoms with Crippen molar-refractivity contribution >= 4 is 83.2 Å². The Morgan fingerprint density at radius 1 is 0.632 bits per heavy atom. The summed E-state index contributed by atoms with van der Waals surface area (Å²) in [6.45, 7) is 3.35. The summed E-state index contributed by atoms with van der Waals surface area (Å²) in [6, 6.07) is 28.4. The number of fused-ring (bicyclic) bond motifs is 13. The van der Waals surface area contributed by atoms with E-state index in [0.717, 1.165) is 75.6 Å². The Hall–Kier alpha value is -7.48. The number of unbranched alkanes of at least 4 members (excludes halogenated alkanes) is 1. The Morgan fingerprint density at radius 3 is 1.65 bits per heavy atom. The summed E-state index contributed by atoms with van der Waals surface area (Å²) in [5, 5.41) is 42.3. The van der Waals surface area contributed by atoms with Crippen molar-refractivity contribution in [3.8, 4) is 11.1 Å². The van der Waals surface area contributed by atoms with Crippen LogP contribution in [0.4, 0.5) is 17.1 Å². The minimum atomic E-state index is -1.03. The van der Waals surface area contributed by atoms with Crippen molar-refractivity contribution < 1.29 is 29.1 Å². The van der Waals surface area contributed by atoms with Crippen molar-refractivity contribution in [2.45, 2.75) is 39.3 Å². The number of non-ortho nitro benzene ring substituents is 2. The molecule has 0 spiro atoms. The van der Waals surface area contributed by atoms with E-state index in [1.807, 2.05) is 24.3 Å². The maximum atomic E-state index is 13.8. The van der Waals surface area contributed by atoms with Crippen molar-refractivity contribution in [3.63, 3.8) is 0 Å². The first-order chi connectivity index (χ1) is 27.6. The number of benzene rings is 6. The number of ether oxygens (including phenoxy) is 1. The number of esters is 1. The van der Waals surface area contributed by atoms with Crippen LogP contribution in [0.1, 0.15) is 52.5 Å². The molecule has 1 aliphatic rings. The lowest BCUT2D eigenvalue weighted by Crippen LogP contribution is -2.11. The van der Waals surface area contributed by atoms with E-state index in [9.17, 15) is 39.9 Å². The quantitative estimate of drug-likeness (QED) is 0.0536. The Bertz CT molecular complexity index is 3110. The van der Waals surface area contributed by atoms with Gasteiger partial charge in [0.2, 0.25) is 0 Å². The van der Waals surface area contributed by atoms with E-state index < -0.39 is 54.7 Å². The standard InChI is InChI=1S/C43H31N5O9/c1-2-3-17-44-33-15-8-6-13-28(33)38-39-29-14-7-9-16-34(29)45(41(39)27-12-5-4-11-26(27)40(38)44)18-10-19-57-43(50)32-22-24(46(51)52)20-30-36(32)37-31(42(30)49)21-25(47(53)54)23-35(37)48(55)56/h4-9,11-16,20-23H,2-3,10,17-19H2,1H3. The van der Waals surface area contributed by atoms with E-state index in [2.05, 4.69) is 64.6 Å². The molecular formula is C43H31N5O9. The van der Waals surface area contributed by atoms with Crippen LogP contribution in [-0.2, 0) is 17.8 Å². The van der Waals surface area contributed by atoms with E-state index in [1.54, 1.807) is 0 Å². The third-order valence-corrected chi connectivity index (χ3v) is 10.9. The van der Waals surface area contributed by atoms with Gasteiger partial charge in [0.1, 0.15) is 0 Å². The summed E-state index contributed by atoms with van der Waals surface area (Å²) in [5.41, 5.74) is 0.549. The van der Waals surface area contributed by atoms with Crippen molar-refractivity contribution in [3.05, 3.63) is 144 Å². The first kappa shape index (κ1) is 35.2. The summed E-state index contributed by atoms with van der Waals surface area (Å²) in [6.07, 6.45) is 2.41. The second-order valence-corrected chi connectivity index (χ2v) is 14.1. The fraction of sp³-hybridized carbons (Fsp3) is 0.163. The van der Waals surface area contributed by atoms with Gasteiger partial charge in [-0.2, -0.15) is 0 Å². The third-order valence-electron chi connectivity index (χ3n) is 10.9. The van der Waals surface area contributed by atoms with Gasteiger partial charge in [-0.3, -0.25) is 35.1 Å². The molecule has 9 rings (SSSR count). The van der Waals surface area contributed by atoms with Gasteiger partial charge in [-0.15, -0.1) is 0 Å². The van der Waals surface area contributed by atoms with Crippen LogP contribution in [0.2, 0.25) is 0 Å². The Morgan fingerprint density at radius 2 is 1.12 bits per heavy atom. The van der Waals surface area contributed by atoms with E-state index in [4.69, 9.17) is 4.74 Å². The summed E-state index contributed by atoms with van der Waals surface area (Å²) in [4.78, 5) is 60.3. The highest BCUT2D eigenvalue weighted by Crippen LogP contribution is 2.48. The predicted molar refractivity (Wildman–Crippen MR) is 215 cm³/mol. The van der Waals surface area contributed by atoms with Gasteiger partial charge < -0.3 is 13.9 Å². The lowest BCUT2D eigenvalue weighted by molar-refractivity contribution is -0.393. The second kappa shape index (κ2) is 13.4. The van der Waals surface area contributed by atoms with Gasteiger partial charge in [0, 0.05) is 91.3 Å². The number of para-hydroxylation sites is 2. The van der Waals surface area contributed by atoms with Crippen LogP contribution < -0.4 is 0 Å². The minimum absolute atomic E-state index is 0.135. The molecule has 0 fully saturated rings. The maximum Gasteiger partial charge on any atom is 0.339 e. The molecule has 8 aromatic rings. The maximum absolute atomic E-state index is 13.8. The zero-order valence-electron chi connectivity index (χ0n) is 30.4. The molecule has 57 heavy (non-hydrogen) atoms. The predicted octanol–water partition coefficient (Wildman–Crippen LogP) is 10.0. The van der Waals surface area contributed by atoms with Crippen LogP contribution in [-0.4, -0.2) is 42.3 Å². The van der Waals surface area contributed by atoms with E-state index in [1.165, 1.54) is 16.4 Å². The van der Waals surface area contributed by atoms with Crippen molar-refractivity contribution in [2.75, 3.05) is 6.61 Å². The topological polar surface area (TPSA) is 183 Å². The highest BCUT2D eigenvalue weighted by Gasteiger charge is 2.40. The molecule has 0 amide bonds. The van der Waals surface area contributed by atoms with Gasteiger partial charge in [-0.05, 0) is 25.0 Å². The molecule has 0 saturated carbocycles. The third kappa shape index (κ3) is 5.32. The highest BCUT2D eigenvalue weighted by atomic mass is 16.6. The largest absolute Gasteiger partial charge is 0.462 e. The fourth-order valence-electron chi connectivity index (χ4n) is 8.61. The molecule has 0 saturated heterocycles. The summed E-state index contributed by atoms with van der Waals surface area (Å²) < 4.78 is 10.4. The van der Waals surface area contributed by atoms with Crippen molar-refractivity contribution in [1.82, 2.24) is 9.13 Å². The van der Waals surface area contributed by atoms with Crippen LogP contribution in [0.25, 0.3) is 65.5 Å². The number of nitro benzene ring substituents is 3. The molecule has 14 heteroatoms. The zero-order chi connectivity index (χ0) is 39.7. The van der Waals surface area contributed by atoms with E-state index >= 15 is 0 Å². The SMILES string of the molecule is CCCCn1c2ccccc2c2c3c4ccccc4n(CCCOC(=O)c4cc([N+](=O)[O-])cc5c4-c4c(cc([N+](=O)[O-])cc4[N+](=O)[O-])C5=O)c3c3ccccc3c21. The molecule has 2 heterocycles. The van der Waals surface area contributed by atoms with Crippen LogP contribution in [0.5, 0.6) is 0 Å². The lowest BCUT2D eigenvalue weighted by Gasteiger charge is -2.13. The molecule has 0 radical (unpaired) electrons. The first-order valence-electron chi connectivity index (χ1n) is 18.4. The number of carbonyl (C=O) groups excluding carboxylic acids is 2. The number of carbonyl (C=O) groups is 2. The zero-order valence-corrected chi connectivity index (χ0v) is 30.4. The Balaban J connectivity index is 1.12. The van der Waals surface area contributed by atoms with Crippen LogP contribution in [0.3, 0.4) is 0 Å². The molecular weight excluding hydrogens is 730 g/mol. The molecule has 2 aromatic heterocycles. The van der Waals surface area contributed by atoms with Crippen molar-refractivity contribution in [2.24, 2.45) is 0 Å². The van der Waals surface area contributed by atoms with Crippen LogP contribution in [0.15, 0.2) is 97.1 Å². The molecule has 0 aliphatic heterocycles. The molecule has 0 unspecified atom stereocenters. The molecule has 0 atom stereocenters. The van der Waals surface area contributed by atoms with Gasteiger partial charge in [0.25, 0.3) is 17.1 Å². The number of aromatic nitrogens is 2. The second-order valence-electron chi connectivity index (χ2n) is 14.1. The van der Waals surface area contributed by atoms with Gasteiger partial charge in [0.15, 0.2) is 5.78 Å². The first-order valence-corrected chi connectivity index (χ1v) is 18.4. The normalized spacial score (nSPS) is 12.2.